The van der Waals surface area contributed by atoms with Crippen molar-refractivity contribution in [1.29, 1.82) is 0 Å². The van der Waals surface area contributed by atoms with Gasteiger partial charge in [0.25, 0.3) is 0 Å². The largest absolute Gasteiger partial charge is 0.494 e. The molecule has 0 amide bonds. The lowest BCUT2D eigenvalue weighted by molar-refractivity contribution is 0.340. The van der Waals surface area contributed by atoms with E-state index in [1.165, 1.54) is 0 Å². The average Bonchev–Trinajstić information content (AvgIpc) is 2.98. The first kappa shape index (κ1) is 16.6. The Kier molecular flexibility index (Phi) is 4.35. The first-order chi connectivity index (χ1) is 12.7. The highest BCUT2D eigenvalue weighted by atomic mass is 35.5. The maximum Gasteiger partial charge on any atom is 0.165 e. The third kappa shape index (κ3) is 2.93. The minimum atomic E-state index is 0.448. The number of hydrogen-bond donors (Lipinski definition) is 0. The van der Waals surface area contributed by atoms with Gasteiger partial charge in [0.1, 0.15) is 10.9 Å². The van der Waals surface area contributed by atoms with Gasteiger partial charge < -0.3 is 4.74 Å². The first-order valence-electron chi connectivity index (χ1n) is 8.52. The van der Waals surface area contributed by atoms with E-state index < -0.39 is 0 Å². The van der Waals surface area contributed by atoms with Crippen molar-refractivity contribution in [3.8, 4) is 28.1 Å². The lowest BCUT2D eigenvalue weighted by atomic mass is 10.1. The molecule has 4 rings (SSSR count). The van der Waals surface area contributed by atoms with E-state index in [2.05, 4.69) is 4.98 Å². The van der Waals surface area contributed by atoms with Gasteiger partial charge in [-0.1, -0.05) is 54.1 Å². The predicted octanol–water partition coefficient (Wildman–Crippen LogP) is 5.42. The molecule has 0 saturated carbocycles. The molecule has 2 heterocycles. The number of ether oxygens (including phenoxy) is 1. The van der Waals surface area contributed by atoms with Crippen LogP contribution in [-0.4, -0.2) is 21.2 Å². The van der Waals surface area contributed by atoms with Crippen LogP contribution in [0.25, 0.3) is 28.0 Å². The van der Waals surface area contributed by atoms with Gasteiger partial charge in [-0.25, -0.2) is 9.50 Å². The molecule has 0 saturated heterocycles. The van der Waals surface area contributed by atoms with Crippen LogP contribution in [0.5, 0.6) is 5.75 Å². The van der Waals surface area contributed by atoms with Crippen molar-refractivity contribution < 1.29 is 4.74 Å². The molecule has 130 valence electrons. The van der Waals surface area contributed by atoms with Crippen LogP contribution in [0.2, 0.25) is 5.15 Å². The third-order valence-electron chi connectivity index (χ3n) is 4.26. The number of aryl methyl sites for hydroxylation is 1. The minimum Gasteiger partial charge on any atom is -0.494 e. The van der Waals surface area contributed by atoms with Crippen molar-refractivity contribution in [3.05, 3.63) is 71.5 Å². The Morgan fingerprint density at radius 1 is 1.00 bits per heavy atom. The van der Waals surface area contributed by atoms with Gasteiger partial charge in [-0.15, -0.1) is 0 Å². The first-order valence-corrected chi connectivity index (χ1v) is 8.89. The summed E-state index contributed by atoms with van der Waals surface area (Å²) < 4.78 is 7.40. The summed E-state index contributed by atoms with van der Waals surface area (Å²) in [5.41, 5.74) is 5.63. The van der Waals surface area contributed by atoms with Gasteiger partial charge in [0.2, 0.25) is 0 Å². The Labute approximate surface area is 157 Å². The van der Waals surface area contributed by atoms with Crippen molar-refractivity contribution in [1.82, 2.24) is 14.6 Å². The second-order valence-corrected chi connectivity index (χ2v) is 6.37. The van der Waals surface area contributed by atoms with Crippen LogP contribution in [0.15, 0.2) is 60.7 Å². The molecule has 0 atom stereocenters. The molecule has 0 N–H and O–H groups in total. The highest BCUT2D eigenvalue weighted by Crippen LogP contribution is 2.32. The molecule has 0 fully saturated rings. The van der Waals surface area contributed by atoms with Crippen molar-refractivity contribution in [2.75, 3.05) is 6.61 Å². The normalized spacial score (nSPS) is 11.0. The van der Waals surface area contributed by atoms with Gasteiger partial charge in [-0.05, 0) is 31.5 Å². The molecule has 0 radical (unpaired) electrons. The second kappa shape index (κ2) is 6.81. The van der Waals surface area contributed by atoms with Gasteiger partial charge in [0, 0.05) is 17.2 Å². The summed E-state index contributed by atoms with van der Waals surface area (Å²) >= 11 is 6.34. The zero-order valence-electron chi connectivity index (χ0n) is 14.6. The molecule has 2 aromatic heterocycles. The average molecular weight is 364 g/mol. The molecule has 0 aliphatic rings. The van der Waals surface area contributed by atoms with Crippen LogP contribution in [-0.2, 0) is 0 Å². The van der Waals surface area contributed by atoms with Crippen LogP contribution >= 0.6 is 11.6 Å². The molecule has 26 heavy (non-hydrogen) atoms. The van der Waals surface area contributed by atoms with E-state index >= 15 is 0 Å². The van der Waals surface area contributed by atoms with E-state index in [1.54, 1.807) is 0 Å². The summed E-state index contributed by atoms with van der Waals surface area (Å²) in [6.07, 6.45) is 0. The number of fused-ring (bicyclic) bond motifs is 1. The number of halogens is 1. The van der Waals surface area contributed by atoms with Crippen molar-refractivity contribution in [3.63, 3.8) is 0 Å². The summed E-state index contributed by atoms with van der Waals surface area (Å²) in [4.78, 5) is 4.55. The molecule has 4 aromatic rings. The summed E-state index contributed by atoms with van der Waals surface area (Å²) in [7, 11) is 0. The minimum absolute atomic E-state index is 0.448. The van der Waals surface area contributed by atoms with Gasteiger partial charge in [0.15, 0.2) is 5.65 Å². The molecule has 0 aliphatic carbocycles. The zero-order valence-corrected chi connectivity index (χ0v) is 15.4. The Balaban J connectivity index is 1.91. The molecular weight excluding hydrogens is 346 g/mol. The van der Waals surface area contributed by atoms with Crippen LogP contribution in [0.1, 0.15) is 12.6 Å². The fourth-order valence-electron chi connectivity index (χ4n) is 3.13. The number of nitrogens with zero attached hydrogens (tertiary/aromatic N) is 3. The van der Waals surface area contributed by atoms with Crippen LogP contribution in [0.4, 0.5) is 0 Å². The van der Waals surface area contributed by atoms with Crippen molar-refractivity contribution in [2.45, 2.75) is 13.8 Å². The summed E-state index contributed by atoms with van der Waals surface area (Å²) in [6.45, 7) is 4.61. The van der Waals surface area contributed by atoms with Gasteiger partial charge in [-0.3, -0.25) is 0 Å². The molecule has 0 spiro atoms. The van der Waals surface area contributed by atoms with Crippen LogP contribution < -0.4 is 4.74 Å². The van der Waals surface area contributed by atoms with Crippen molar-refractivity contribution in [2.24, 2.45) is 0 Å². The lowest BCUT2D eigenvalue weighted by Crippen LogP contribution is -1.97. The third-order valence-corrected chi connectivity index (χ3v) is 4.45. The highest BCUT2D eigenvalue weighted by molar-refractivity contribution is 6.29. The smallest absolute Gasteiger partial charge is 0.165 e. The van der Waals surface area contributed by atoms with E-state index in [9.17, 15) is 0 Å². The molecule has 2 aromatic carbocycles. The standard InChI is InChI=1S/C21H18ClN3O/c1-3-26-17-11-9-16(10-12-17)20-14(2)24-25-18(13-19(22)23-21(20)25)15-7-5-4-6-8-15/h4-13H,3H2,1-2H3. The molecule has 4 nitrogen and oxygen atoms in total. The summed E-state index contributed by atoms with van der Waals surface area (Å²) in [6, 6.07) is 19.9. The maximum absolute atomic E-state index is 6.34. The second-order valence-electron chi connectivity index (χ2n) is 5.98. The maximum atomic E-state index is 6.34. The topological polar surface area (TPSA) is 39.4 Å². The Bertz CT molecular complexity index is 1060. The number of aromatic nitrogens is 3. The number of hydrogen-bond acceptors (Lipinski definition) is 3. The van der Waals surface area contributed by atoms with Gasteiger partial charge in [-0.2, -0.15) is 5.10 Å². The zero-order chi connectivity index (χ0) is 18.1. The van der Waals surface area contributed by atoms with E-state index in [0.29, 0.717) is 11.8 Å². The summed E-state index contributed by atoms with van der Waals surface area (Å²) in [5.74, 6) is 0.848. The lowest BCUT2D eigenvalue weighted by Gasteiger charge is -2.07. The van der Waals surface area contributed by atoms with E-state index in [1.807, 2.05) is 79.0 Å². The highest BCUT2D eigenvalue weighted by Gasteiger charge is 2.17. The van der Waals surface area contributed by atoms with E-state index in [0.717, 1.165) is 39.5 Å². The van der Waals surface area contributed by atoms with Crippen molar-refractivity contribution >= 4 is 17.2 Å². The quantitative estimate of drug-likeness (QED) is 0.454. The molecule has 0 unspecified atom stereocenters. The Morgan fingerprint density at radius 2 is 1.73 bits per heavy atom. The van der Waals surface area contributed by atoms with Crippen LogP contribution in [0, 0.1) is 6.92 Å². The molecule has 5 heteroatoms. The SMILES string of the molecule is CCOc1ccc(-c2c(C)nn3c(-c4ccccc4)cc(Cl)nc23)cc1. The number of benzene rings is 2. The van der Waals surface area contributed by atoms with E-state index in [4.69, 9.17) is 21.4 Å². The fraction of sp³-hybridized carbons (Fsp3) is 0.143. The molecule has 0 bridgehead atoms. The predicted molar refractivity (Wildman–Crippen MR) is 105 cm³/mol. The fourth-order valence-corrected chi connectivity index (χ4v) is 3.31. The Morgan fingerprint density at radius 3 is 2.42 bits per heavy atom. The van der Waals surface area contributed by atoms with Gasteiger partial charge in [0.05, 0.1) is 18.0 Å². The monoisotopic (exact) mass is 363 g/mol. The number of rotatable bonds is 4. The molecular formula is C21H18ClN3O. The molecule has 0 aliphatic heterocycles. The summed E-state index contributed by atoms with van der Waals surface area (Å²) in [5, 5.41) is 5.18. The van der Waals surface area contributed by atoms with Crippen LogP contribution in [0.3, 0.4) is 0 Å². The van der Waals surface area contributed by atoms with E-state index in [-0.39, 0.29) is 0 Å². The Hall–Kier alpha value is -2.85. The van der Waals surface area contributed by atoms with Gasteiger partial charge >= 0.3 is 0 Å².